The van der Waals surface area contributed by atoms with Crippen LogP contribution in [0.25, 0.3) is 0 Å². The molecule has 1 rings (SSSR count). The van der Waals surface area contributed by atoms with Gasteiger partial charge in [0.05, 0.1) is 6.54 Å². The number of halogens is 1. The van der Waals surface area contributed by atoms with Crippen molar-refractivity contribution in [1.82, 2.24) is 25.3 Å². The molecule has 0 aromatic carbocycles. The van der Waals surface area contributed by atoms with Gasteiger partial charge in [-0.1, -0.05) is 0 Å². The molecule has 0 unspecified atom stereocenters. The van der Waals surface area contributed by atoms with Crippen LogP contribution in [0.5, 0.6) is 0 Å². The van der Waals surface area contributed by atoms with E-state index in [1.807, 2.05) is 16.9 Å². The fourth-order valence-corrected chi connectivity index (χ4v) is 2.52. The minimum Gasteiger partial charge on any atom is -0.356 e. The SMILES string of the molecule is CN=C(NCCCN(C(C)C)C(C)C)NCCn1cccn1.I. The third-order valence-corrected chi connectivity index (χ3v) is 3.63. The van der Waals surface area contributed by atoms with Crippen molar-refractivity contribution in [3.05, 3.63) is 18.5 Å². The maximum absolute atomic E-state index is 4.24. The summed E-state index contributed by atoms with van der Waals surface area (Å²) in [5, 5.41) is 10.8. The number of aliphatic imine (C=N–C) groups is 1. The number of guanidine groups is 1. The first kappa shape index (κ1) is 22.2. The Balaban J connectivity index is 0.00000484. The van der Waals surface area contributed by atoms with Gasteiger partial charge >= 0.3 is 0 Å². The van der Waals surface area contributed by atoms with Gasteiger partial charge in [0, 0.05) is 51.2 Å². The Kier molecular flexibility index (Phi) is 12.1. The maximum atomic E-state index is 4.24. The van der Waals surface area contributed by atoms with Crippen LogP contribution >= 0.6 is 24.0 Å². The lowest BCUT2D eigenvalue weighted by atomic mass is 10.2. The number of nitrogens with one attached hydrogen (secondary N) is 2. The lowest BCUT2D eigenvalue weighted by Gasteiger charge is -2.30. The number of nitrogens with zero attached hydrogens (tertiary/aromatic N) is 4. The third kappa shape index (κ3) is 9.14. The molecule has 1 heterocycles. The van der Waals surface area contributed by atoms with Crippen LogP contribution < -0.4 is 10.6 Å². The molecule has 1 aromatic heterocycles. The van der Waals surface area contributed by atoms with Crippen molar-refractivity contribution in [1.29, 1.82) is 0 Å². The van der Waals surface area contributed by atoms with E-state index in [2.05, 4.69) is 53.3 Å². The van der Waals surface area contributed by atoms with Crippen LogP contribution in [0, 0.1) is 0 Å². The summed E-state index contributed by atoms with van der Waals surface area (Å²) in [5.41, 5.74) is 0. The summed E-state index contributed by atoms with van der Waals surface area (Å²) >= 11 is 0. The zero-order chi connectivity index (χ0) is 16.4. The molecule has 0 fully saturated rings. The van der Waals surface area contributed by atoms with Crippen LogP contribution in [0.2, 0.25) is 0 Å². The topological polar surface area (TPSA) is 57.5 Å². The van der Waals surface area contributed by atoms with Gasteiger partial charge in [-0.15, -0.1) is 24.0 Å². The maximum Gasteiger partial charge on any atom is 0.191 e. The van der Waals surface area contributed by atoms with Gasteiger partial charge in [-0.2, -0.15) is 5.10 Å². The van der Waals surface area contributed by atoms with Gasteiger partial charge < -0.3 is 10.6 Å². The van der Waals surface area contributed by atoms with Gasteiger partial charge in [-0.3, -0.25) is 14.6 Å². The van der Waals surface area contributed by atoms with E-state index in [9.17, 15) is 0 Å². The number of aromatic nitrogens is 2. The van der Waals surface area contributed by atoms with E-state index in [0.717, 1.165) is 38.6 Å². The van der Waals surface area contributed by atoms with Crippen LogP contribution in [0.4, 0.5) is 0 Å². The lowest BCUT2D eigenvalue weighted by Crippen LogP contribution is -2.42. The smallest absolute Gasteiger partial charge is 0.191 e. The first-order chi connectivity index (χ1) is 10.5. The van der Waals surface area contributed by atoms with Crippen molar-refractivity contribution in [2.45, 2.75) is 52.7 Å². The Bertz CT molecular complexity index is 408. The summed E-state index contributed by atoms with van der Waals surface area (Å²) in [6.45, 7) is 12.7. The van der Waals surface area contributed by atoms with Crippen molar-refractivity contribution < 1.29 is 0 Å². The molecular weight excluding hydrogens is 403 g/mol. The summed E-state index contributed by atoms with van der Waals surface area (Å²) in [4.78, 5) is 6.75. The van der Waals surface area contributed by atoms with Gasteiger partial charge in [0.2, 0.25) is 0 Å². The minimum atomic E-state index is 0. The zero-order valence-corrected chi connectivity index (χ0v) is 17.4. The molecule has 0 spiro atoms. The second-order valence-corrected chi connectivity index (χ2v) is 5.97. The Morgan fingerprint density at radius 3 is 2.35 bits per heavy atom. The van der Waals surface area contributed by atoms with E-state index in [4.69, 9.17) is 0 Å². The van der Waals surface area contributed by atoms with Gasteiger partial charge in [0.1, 0.15) is 0 Å². The van der Waals surface area contributed by atoms with E-state index in [0.29, 0.717) is 12.1 Å². The second-order valence-electron chi connectivity index (χ2n) is 5.97. The highest BCUT2D eigenvalue weighted by Crippen LogP contribution is 2.05. The normalized spacial score (nSPS) is 11.9. The number of hydrogen-bond donors (Lipinski definition) is 2. The predicted molar refractivity (Wildman–Crippen MR) is 109 cm³/mol. The average molecular weight is 436 g/mol. The molecule has 6 nitrogen and oxygen atoms in total. The fraction of sp³-hybridized carbons (Fsp3) is 0.750. The molecule has 1 aromatic rings. The molecule has 134 valence electrons. The van der Waals surface area contributed by atoms with Gasteiger partial charge in [0.15, 0.2) is 5.96 Å². The van der Waals surface area contributed by atoms with Crippen molar-refractivity contribution in [2.75, 3.05) is 26.7 Å². The summed E-state index contributed by atoms with van der Waals surface area (Å²) < 4.78 is 1.91. The Morgan fingerprint density at radius 1 is 1.17 bits per heavy atom. The molecule has 2 N–H and O–H groups in total. The standard InChI is InChI=1S/C16H32N6.HI/c1-14(2)22(15(3)4)12-6-8-18-16(17-5)19-10-13-21-11-7-9-20-21;/h7,9,11,14-15H,6,8,10,12-13H2,1-5H3,(H2,17,18,19);1H. The third-order valence-electron chi connectivity index (χ3n) is 3.63. The molecule has 0 aliphatic heterocycles. The summed E-state index contributed by atoms with van der Waals surface area (Å²) in [6.07, 6.45) is 4.86. The first-order valence-electron chi connectivity index (χ1n) is 8.22. The molecule has 23 heavy (non-hydrogen) atoms. The summed E-state index contributed by atoms with van der Waals surface area (Å²) in [6, 6.07) is 3.11. The quantitative estimate of drug-likeness (QED) is 0.270. The van der Waals surface area contributed by atoms with Crippen molar-refractivity contribution in [3.8, 4) is 0 Å². The monoisotopic (exact) mass is 436 g/mol. The van der Waals surface area contributed by atoms with Crippen molar-refractivity contribution in [2.24, 2.45) is 4.99 Å². The second kappa shape index (κ2) is 12.6. The van der Waals surface area contributed by atoms with E-state index in [1.54, 1.807) is 13.2 Å². The summed E-state index contributed by atoms with van der Waals surface area (Å²) in [7, 11) is 1.80. The van der Waals surface area contributed by atoms with Gasteiger partial charge in [-0.25, -0.2) is 0 Å². The molecule has 0 saturated carbocycles. The molecule has 0 radical (unpaired) electrons. The van der Waals surface area contributed by atoms with E-state index < -0.39 is 0 Å². The average Bonchev–Trinajstić information content (AvgIpc) is 2.97. The molecule has 0 aliphatic carbocycles. The van der Waals surface area contributed by atoms with Crippen LogP contribution in [0.1, 0.15) is 34.1 Å². The largest absolute Gasteiger partial charge is 0.356 e. The van der Waals surface area contributed by atoms with Gasteiger partial charge in [-0.05, 0) is 40.2 Å². The predicted octanol–water partition coefficient (Wildman–Crippen LogP) is 2.18. The van der Waals surface area contributed by atoms with Crippen LogP contribution in [-0.4, -0.2) is 59.4 Å². The minimum absolute atomic E-state index is 0. The zero-order valence-electron chi connectivity index (χ0n) is 15.1. The molecule has 7 heteroatoms. The van der Waals surface area contributed by atoms with Crippen LogP contribution in [-0.2, 0) is 6.54 Å². The highest BCUT2D eigenvalue weighted by molar-refractivity contribution is 14.0. The fourth-order valence-electron chi connectivity index (χ4n) is 2.52. The molecule has 0 aliphatic rings. The van der Waals surface area contributed by atoms with Crippen LogP contribution in [0.3, 0.4) is 0 Å². The molecule has 0 amide bonds. The first-order valence-corrected chi connectivity index (χ1v) is 8.22. The number of hydrogen-bond acceptors (Lipinski definition) is 3. The molecule has 0 saturated heterocycles. The summed E-state index contributed by atoms with van der Waals surface area (Å²) in [5.74, 6) is 0.854. The Morgan fingerprint density at radius 2 is 1.83 bits per heavy atom. The number of rotatable bonds is 9. The lowest BCUT2D eigenvalue weighted by molar-refractivity contribution is 0.173. The van der Waals surface area contributed by atoms with E-state index >= 15 is 0 Å². The van der Waals surface area contributed by atoms with Crippen molar-refractivity contribution >= 4 is 29.9 Å². The Labute approximate surface area is 158 Å². The highest BCUT2D eigenvalue weighted by Gasteiger charge is 2.12. The van der Waals surface area contributed by atoms with E-state index in [-0.39, 0.29) is 24.0 Å². The van der Waals surface area contributed by atoms with E-state index in [1.165, 1.54) is 0 Å². The molecular formula is C16H33IN6. The van der Waals surface area contributed by atoms with Crippen LogP contribution in [0.15, 0.2) is 23.5 Å². The van der Waals surface area contributed by atoms with Gasteiger partial charge in [0.25, 0.3) is 0 Å². The Hall–Kier alpha value is -0.830. The molecule has 0 atom stereocenters. The highest BCUT2D eigenvalue weighted by atomic mass is 127. The van der Waals surface area contributed by atoms with Crippen molar-refractivity contribution in [3.63, 3.8) is 0 Å². The molecule has 0 bridgehead atoms.